The first-order chi connectivity index (χ1) is 10.7. The number of carbonyl (C=O) groups excluding carboxylic acids is 1. The molecule has 6 heteroatoms. The van der Waals surface area contributed by atoms with E-state index in [1.165, 1.54) is 25.9 Å². The number of carbonyl (C=O) groups is 1. The molecule has 0 aliphatic carbocycles. The number of hydrogen-bond acceptors (Lipinski definition) is 5. The van der Waals surface area contributed by atoms with E-state index in [4.69, 9.17) is 0 Å². The number of nitrogens with zero attached hydrogens (tertiary/aromatic N) is 2. The zero-order valence-corrected chi connectivity index (χ0v) is 14.2. The lowest BCUT2D eigenvalue weighted by Gasteiger charge is -2.44. The highest BCUT2D eigenvalue weighted by Crippen LogP contribution is 2.33. The van der Waals surface area contributed by atoms with E-state index < -0.39 is 0 Å². The average molecular weight is 333 g/mol. The van der Waals surface area contributed by atoms with E-state index in [0.29, 0.717) is 12.0 Å². The van der Waals surface area contributed by atoms with E-state index in [1.807, 2.05) is 25.3 Å². The quantitative estimate of drug-likeness (QED) is 0.939. The Labute approximate surface area is 138 Å². The normalized spacial score (nSPS) is 27.0. The van der Waals surface area contributed by atoms with Gasteiger partial charge in [-0.15, -0.1) is 22.7 Å². The summed E-state index contributed by atoms with van der Waals surface area (Å²) in [4.78, 5) is 22.3. The Bertz CT molecular complexity index is 685. The molecule has 0 saturated carbocycles. The van der Waals surface area contributed by atoms with Gasteiger partial charge in [-0.05, 0) is 50.9 Å². The molecular formula is C16H19N3OS2. The molecule has 2 bridgehead atoms. The molecule has 2 aromatic rings. The van der Waals surface area contributed by atoms with Gasteiger partial charge in [0.05, 0.1) is 14.8 Å². The molecule has 3 fully saturated rings. The second kappa shape index (κ2) is 5.76. The SMILES string of the molecule is Cc1ncc(-c2ccc(C(=O)NC3CN4CCC3CC4)s2)s1. The van der Waals surface area contributed by atoms with Gasteiger partial charge >= 0.3 is 0 Å². The maximum atomic E-state index is 12.5. The summed E-state index contributed by atoms with van der Waals surface area (Å²) < 4.78 is 0. The Kier molecular flexibility index (Phi) is 3.76. The van der Waals surface area contributed by atoms with Crippen molar-refractivity contribution < 1.29 is 4.79 Å². The van der Waals surface area contributed by atoms with Crippen molar-refractivity contribution in [1.82, 2.24) is 15.2 Å². The Morgan fingerprint density at radius 1 is 1.27 bits per heavy atom. The zero-order valence-electron chi connectivity index (χ0n) is 12.5. The van der Waals surface area contributed by atoms with Crippen molar-refractivity contribution in [3.63, 3.8) is 0 Å². The molecule has 0 radical (unpaired) electrons. The van der Waals surface area contributed by atoms with Gasteiger partial charge in [-0.1, -0.05) is 0 Å². The Hall–Kier alpha value is -1.24. The van der Waals surface area contributed by atoms with Crippen LogP contribution in [0.4, 0.5) is 0 Å². The third kappa shape index (κ3) is 2.71. The summed E-state index contributed by atoms with van der Waals surface area (Å²) in [5.41, 5.74) is 0. The largest absolute Gasteiger partial charge is 0.347 e. The summed E-state index contributed by atoms with van der Waals surface area (Å²) in [5.74, 6) is 0.744. The topological polar surface area (TPSA) is 45.2 Å². The number of fused-ring (bicyclic) bond motifs is 3. The van der Waals surface area contributed by atoms with Crippen LogP contribution in [0.1, 0.15) is 27.5 Å². The number of thiophene rings is 1. The summed E-state index contributed by atoms with van der Waals surface area (Å²) in [7, 11) is 0. The van der Waals surface area contributed by atoms with E-state index in [-0.39, 0.29) is 5.91 Å². The summed E-state index contributed by atoms with van der Waals surface area (Å²) >= 11 is 3.23. The summed E-state index contributed by atoms with van der Waals surface area (Å²) in [6.45, 7) is 5.42. The summed E-state index contributed by atoms with van der Waals surface area (Å²) in [6.07, 6.45) is 4.34. The lowest BCUT2D eigenvalue weighted by Crippen LogP contribution is -2.57. The van der Waals surface area contributed by atoms with Crippen LogP contribution in [0.25, 0.3) is 9.75 Å². The number of rotatable bonds is 3. The molecule has 22 heavy (non-hydrogen) atoms. The highest BCUT2D eigenvalue weighted by molar-refractivity contribution is 7.22. The molecule has 1 N–H and O–H groups in total. The van der Waals surface area contributed by atoms with Crippen molar-refractivity contribution >= 4 is 28.6 Å². The fraction of sp³-hybridized carbons (Fsp3) is 0.500. The van der Waals surface area contributed by atoms with Gasteiger partial charge in [0, 0.05) is 23.7 Å². The van der Waals surface area contributed by atoms with Crippen LogP contribution in [0.15, 0.2) is 18.3 Å². The maximum Gasteiger partial charge on any atom is 0.261 e. The molecule has 0 spiro atoms. The van der Waals surface area contributed by atoms with Gasteiger partial charge in [-0.2, -0.15) is 0 Å². The van der Waals surface area contributed by atoms with Gasteiger partial charge < -0.3 is 10.2 Å². The van der Waals surface area contributed by atoms with Crippen LogP contribution in [0, 0.1) is 12.8 Å². The number of aromatic nitrogens is 1. The first-order valence-corrected chi connectivity index (χ1v) is 9.38. The van der Waals surface area contributed by atoms with E-state index in [9.17, 15) is 4.79 Å². The van der Waals surface area contributed by atoms with Crippen molar-refractivity contribution in [2.75, 3.05) is 19.6 Å². The van der Waals surface area contributed by atoms with Crippen LogP contribution in [-0.2, 0) is 0 Å². The summed E-state index contributed by atoms with van der Waals surface area (Å²) in [5, 5.41) is 4.31. The number of nitrogens with one attached hydrogen (secondary N) is 1. The third-order valence-electron chi connectivity index (χ3n) is 4.67. The van der Waals surface area contributed by atoms with E-state index in [0.717, 1.165) is 26.2 Å². The standard InChI is InChI=1S/C16H19N3OS2/c1-10-17-8-15(21-10)13-2-3-14(22-13)16(20)18-12-9-19-6-4-11(12)5-7-19/h2-3,8,11-12H,4-7,9H2,1H3,(H,18,20). The second-order valence-corrected chi connectivity index (χ2v) is 8.44. The van der Waals surface area contributed by atoms with Crippen molar-refractivity contribution in [1.29, 1.82) is 0 Å². The van der Waals surface area contributed by atoms with Crippen molar-refractivity contribution in [2.45, 2.75) is 25.8 Å². The molecule has 1 atom stereocenters. The van der Waals surface area contributed by atoms with Crippen LogP contribution < -0.4 is 5.32 Å². The first kappa shape index (κ1) is 14.4. The third-order valence-corrected chi connectivity index (χ3v) is 6.86. The van der Waals surface area contributed by atoms with E-state index in [2.05, 4.69) is 15.2 Å². The molecule has 5 rings (SSSR count). The zero-order chi connectivity index (χ0) is 15.1. The van der Waals surface area contributed by atoms with Gasteiger partial charge in [0.15, 0.2) is 0 Å². The number of aryl methyl sites for hydroxylation is 1. The van der Waals surface area contributed by atoms with Crippen LogP contribution >= 0.6 is 22.7 Å². The average Bonchev–Trinajstić information content (AvgIpc) is 3.17. The van der Waals surface area contributed by atoms with Crippen molar-refractivity contribution in [3.05, 3.63) is 28.2 Å². The Morgan fingerprint density at radius 3 is 2.73 bits per heavy atom. The molecule has 2 aromatic heterocycles. The fourth-order valence-corrected chi connectivity index (χ4v) is 5.20. The maximum absolute atomic E-state index is 12.5. The molecule has 4 nitrogen and oxygen atoms in total. The monoisotopic (exact) mass is 333 g/mol. The minimum Gasteiger partial charge on any atom is -0.347 e. The van der Waals surface area contributed by atoms with E-state index >= 15 is 0 Å². The van der Waals surface area contributed by atoms with Crippen molar-refractivity contribution in [3.8, 4) is 9.75 Å². The molecular weight excluding hydrogens is 314 g/mol. The Balaban J connectivity index is 1.46. The van der Waals surface area contributed by atoms with Crippen LogP contribution in [0.5, 0.6) is 0 Å². The van der Waals surface area contributed by atoms with Gasteiger partial charge in [0.2, 0.25) is 0 Å². The number of hydrogen-bond donors (Lipinski definition) is 1. The second-order valence-electron chi connectivity index (χ2n) is 6.13. The number of amides is 1. The van der Waals surface area contributed by atoms with Crippen LogP contribution in [-0.4, -0.2) is 41.5 Å². The molecule has 5 heterocycles. The number of piperidine rings is 3. The molecule has 1 unspecified atom stereocenters. The van der Waals surface area contributed by atoms with Crippen LogP contribution in [0.3, 0.4) is 0 Å². The molecule has 116 valence electrons. The molecule has 3 saturated heterocycles. The smallest absolute Gasteiger partial charge is 0.261 e. The van der Waals surface area contributed by atoms with Gasteiger partial charge in [0.1, 0.15) is 0 Å². The Morgan fingerprint density at radius 2 is 2.09 bits per heavy atom. The molecule has 3 aliphatic heterocycles. The number of thiazole rings is 1. The fourth-order valence-electron chi connectivity index (χ4n) is 3.44. The minimum atomic E-state index is 0.0798. The lowest BCUT2D eigenvalue weighted by molar-refractivity contribution is 0.0622. The van der Waals surface area contributed by atoms with Crippen molar-refractivity contribution in [2.24, 2.45) is 5.92 Å². The minimum absolute atomic E-state index is 0.0798. The van der Waals surface area contributed by atoms with E-state index in [1.54, 1.807) is 22.7 Å². The predicted octanol–water partition coefficient (Wildman–Crippen LogP) is 3.00. The highest BCUT2D eigenvalue weighted by Gasteiger charge is 2.35. The van der Waals surface area contributed by atoms with Gasteiger partial charge in [-0.3, -0.25) is 4.79 Å². The highest BCUT2D eigenvalue weighted by atomic mass is 32.1. The molecule has 1 amide bonds. The lowest BCUT2D eigenvalue weighted by atomic mass is 9.84. The summed E-state index contributed by atoms with van der Waals surface area (Å²) in [6, 6.07) is 4.29. The predicted molar refractivity (Wildman–Crippen MR) is 90.6 cm³/mol. The van der Waals surface area contributed by atoms with Gasteiger partial charge in [0.25, 0.3) is 5.91 Å². The first-order valence-electron chi connectivity index (χ1n) is 7.75. The molecule has 3 aliphatic rings. The van der Waals surface area contributed by atoms with Crippen LogP contribution in [0.2, 0.25) is 0 Å². The molecule has 0 aromatic carbocycles. The van der Waals surface area contributed by atoms with Gasteiger partial charge in [-0.25, -0.2) is 4.98 Å².